The highest BCUT2D eigenvalue weighted by Crippen LogP contribution is 2.20. The van der Waals surface area contributed by atoms with Crippen LogP contribution >= 0.6 is 0 Å². The summed E-state index contributed by atoms with van der Waals surface area (Å²) in [5.41, 5.74) is 0. The Morgan fingerprint density at radius 3 is 0.482 bits per heavy atom. The number of ether oxygens (including phenoxy) is 3. The molecule has 494 valence electrons. The summed E-state index contributed by atoms with van der Waals surface area (Å²) in [6.07, 6.45) is 87.4. The summed E-state index contributed by atoms with van der Waals surface area (Å²) in [7, 11) is 0. The summed E-state index contributed by atoms with van der Waals surface area (Å²) in [6.45, 7) is 6.75. The van der Waals surface area contributed by atoms with E-state index in [9.17, 15) is 14.4 Å². The Kier molecular flexibility index (Phi) is 71.5. The molecule has 0 aliphatic rings. The number of carbonyl (C=O) groups is 3. The van der Waals surface area contributed by atoms with Crippen molar-refractivity contribution in [1.82, 2.24) is 0 Å². The van der Waals surface area contributed by atoms with Gasteiger partial charge in [-0.1, -0.05) is 419 Å². The first kappa shape index (κ1) is 81.4. The minimum atomic E-state index is -0.764. The minimum absolute atomic E-state index is 0.0601. The van der Waals surface area contributed by atoms with Crippen LogP contribution in [0.5, 0.6) is 0 Å². The largest absolute Gasteiger partial charge is 0.462 e. The van der Waals surface area contributed by atoms with Crippen molar-refractivity contribution in [2.75, 3.05) is 13.2 Å². The lowest BCUT2D eigenvalue weighted by atomic mass is 10.0. The third-order valence-corrected chi connectivity index (χ3v) is 18.1. The van der Waals surface area contributed by atoms with E-state index < -0.39 is 6.10 Å². The molecular weight excluding hydrogens is 1020 g/mol. The van der Waals surface area contributed by atoms with Gasteiger partial charge in [-0.25, -0.2) is 0 Å². The molecule has 0 aliphatic heterocycles. The summed E-state index contributed by atoms with van der Waals surface area (Å²) >= 11 is 0. The van der Waals surface area contributed by atoms with Gasteiger partial charge in [0.2, 0.25) is 0 Å². The van der Waals surface area contributed by atoms with E-state index in [1.54, 1.807) is 0 Å². The highest BCUT2D eigenvalue weighted by atomic mass is 16.6. The molecule has 0 saturated heterocycles. The second-order valence-corrected chi connectivity index (χ2v) is 26.6. The predicted molar refractivity (Wildman–Crippen MR) is 363 cm³/mol. The molecular formula is C77H150O6. The molecule has 1 unspecified atom stereocenters. The third-order valence-electron chi connectivity index (χ3n) is 18.1. The molecule has 1 atom stereocenters. The minimum Gasteiger partial charge on any atom is -0.462 e. The Morgan fingerprint density at radius 2 is 0.325 bits per heavy atom. The molecule has 0 aromatic rings. The lowest BCUT2D eigenvalue weighted by Gasteiger charge is -2.18. The van der Waals surface area contributed by atoms with E-state index in [4.69, 9.17) is 14.2 Å². The van der Waals surface area contributed by atoms with Gasteiger partial charge in [0, 0.05) is 19.3 Å². The van der Waals surface area contributed by atoms with E-state index >= 15 is 0 Å². The molecule has 0 spiro atoms. The number of carbonyl (C=O) groups excluding carboxylic acids is 3. The molecule has 0 aliphatic carbocycles. The molecule has 83 heavy (non-hydrogen) atoms. The highest BCUT2D eigenvalue weighted by Gasteiger charge is 2.20. The standard InChI is InChI=1S/C77H150O6/c1-4-7-10-13-16-19-22-25-27-29-31-33-35-37-38-39-40-41-43-44-46-48-50-52-55-58-61-64-67-70-76(79)82-73-74(72-81-75(78)69-66-63-60-57-54-24-21-18-15-12-9-6-3)83-77(80)71-68-65-62-59-56-53-51-49-47-45-42-36-34-32-30-28-26-23-20-17-14-11-8-5-2/h74H,4-73H2,1-3H3. The molecule has 0 rings (SSSR count). The van der Waals surface area contributed by atoms with Gasteiger partial charge in [0.15, 0.2) is 6.10 Å². The first-order chi connectivity index (χ1) is 41.0. The maximum atomic E-state index is 13.0. The van der Waals surface area contributed by atoms with Crippen LogP contribution in [0.15, 0.2) is 0 Å². The number of unbranched alkanes of at least 4 members (excludes halogenated alkanes) is 62. The molecule has 0 heterocycles. The van der Waals surface area contributed by atoms with Gasteiger partial charge in [-0.2, -0.15) is 0 Å². The average Bonchev–Trinajstić information content (AvgIpc) is 3.49. The van der Waals surface area contributed by atoms with Gasteiger partial charge in [0.25, 0.3) is 0 Å². The zero-order valence-electron chi connectivity index (χ0n) is 57.0. The number of esters is 3. The van der Waals surface area contributed by atoms with Crippen molar-refractivity contribution < 1.29 is 28.6 Å². The Hall–Kier alpha value is -1.59. The van der Waals surface area contributed by atoms with E-state index in [0.717, 1.165) is 57.8 Å². The molecule has 0 bridgehead atoms. The molecule has 0 N–H and O–H groups in total. The summed E-state index contributed by atoms with van der Waals surface area (Å²) in [6, 6.07) is 0. The van der Waals surface area contributed by atoms with Crippen LogP contribution in [0, 0.1) is 0 Å². The van der Waals surface area contributed by atoms with Crippen LogP contribution in [0.1, 0.15) is 457 Å². The lowest BCUT2D eigenvalue weighted by Crippen LogP contribution is -2.30. The van der Waals surface area contributed by atoms with E-state index in [1.807, 2.05) is 0 Å². The van der Waals surface area contributed by atoms with E-state index in [2.05, 4.69) is 20.8 Å². The normalized spacial score (nSPS) is 11.9. The quantitative estimate of drug-likeness (QED) is 0.0343. The van der Waals surface area contributed by atoms with Gasteiger partial charge in [0.1, 0.15) is 13.2 Å². The van der Waals surface area contributed by atoms with Crippen molar-refractivity contribution in [3.8, 4) is 0 Å². The fraction of sp³-hybridized carbons (Fsp3) is 0.961. The summed E-state index contributed by atoms with van der Waals surface area (Å²) in [4.78, 5) is 38.5. The SMILES string of the molecule is CCCCCCCCCCCCCCCCCCCCCCCCCCCCCCCC(=O)OCC(COC(=O)CCCCCCCCCCCCCC)OC(=O)CCCCCCCCCCCCCCCCCCCCCCCCCC. The second kappa shape index (κ2) is 72.9. The summed E-state index contributed by atoms with van der Waals surface area (Å²) in [5.74, 6) is -0.817. The smallest absolute Gasteiger partial charge is 0.306 e. The topological polar surface area (TPSA) is 78.9 Å². The van der Waals surface area contributed by atoms with Gasteiger partial charge in [-0.3, -0.25) is 14.4 Å². The van der Waals surface area contributed by atoms with Crippen molar-refractivity contribution in [2.45, 2.75) is 463 Å². The van der Waals surface area contributed by atoms with E-state index in [-0.39, 0.29) is 31.1 Å². The van der Waals surface area contributed by atoms with Gasteiger partial charge in [-0.05, 0) is 19.3 Å². The van der Waals surface area contributed by atoms with Crippen molar-refractivity contribution in [3.05, 3.63) is 0 Å². The third kappa shape index (κ3) is 71.1. The molecule has 0 aromatic heterocycles. The van der Waals surface area contributed by atoms with Crippen LogP contribution in [0.2, 0.25) is 0 Å². The fourth-order valence-corrected chi connectivity index (χ4v) is 12.3. The van der Waals surface area contributed by atoms with Crippen molar-refractivity contribution in [3.63, 3.8) is 0 Å². The zero-order valence-corrected chi connectivity index (χ0v) is 57.0. The van der Waals surface area contributed by atoms with Crippen molar-refractivity contribution >= 4 is 17.9 Å². The van der Waals surface area contributed by atoms with Gasteiger partial charge in [0.05, 0.1) is 0 Å². The Morgan fingerprint density at radius 1 is 0.193 bits per heavy atom. The predicted octanol–water partition coefficient (Wildman–Crippen LogP) is 26.6. The Labute approximate surface area is 520 Å². The maximum Gasteiger partial charge on any atom is 0.306 e. The number of hydrogen-bond acceptors (Lipinski definition) is 6. The number of hydrogen-bond donors (Lipinski definition) is 0. The highest BCUT2D eigenvalue weighted by molar-refractivity contribution is 5.71. The van der Waals surface area contributed by atoms with E-state index in [1.165, 1.54) is 360 Å². The fourth-order valence-electron chi connectivity index (χ4n) is 12.3. The van der Waals surface area contributed by atoms with Gasteiger partial charge < -0.3 is 14.2 Å². The Bertz CT molecular complexity index is 1250. The first-order valence-electron chi connectivity index (χ1n) is 38.5. The van der Waals surface area contributed by atoms with Gasteiger partial charge in [-0.15, -0.1) is 0 Å². The first-order valence-corrected chi connectivity index (χ1v) is 38.5. The maximum absolute atomic E-state index is 13.0. The molecule has 0 radical (unpaired) electrons. The zero-order chi connectivity index (χ0) is 59.9. The van der Waals surface area contributed by atoms with Crippen LogP contribution in [0.3, 0.4) is 0 Å². The van der Waals surface area contributed by atoms with Crippen molar-refractivity contribution in [1.29, 1.82) is 0 Å². The van der Waals surface area contributed by atoms with Crippen LogP contribution < -0.4 is 0 Å². The van der Waals surface area contributed by atoms with Crippen LogP contribution in [-0.4, -0.2) is 37.2 Å². The Balaban J connectivity index is 4.11. The van der Waals surface area contributed by atoms with Crippen LogP contribution in [0.4, 0.5) is 0 Å². The average molecular weight is 1170 g/mol. The number of rotatable bonds is 73. The second-order valence-electron chi connectivity index (χ2n) is 26.6. The molecule has 0 amide bonds. The molecule has 0 fully saturated rings. The summed E-state index contributed by atoms with van der Waals surface area (Å²) in [5, 5.41) is 0. The van der Waals surface area contributed by atoms with Crippen LogP contribution in [-0.2, 0) is 28.6 Å². The van der Waals surface area contributed by atoms with Crippen molar-refractivity contribution in [2.24, 2.45) is 0 Å². The molecule has 0 saturated carbocycles. The molecule has 0 aromatic carbocycles. The van der Waals surface area contributed by atoms with E-state index in [0.29, 0.717) is 19.3 Å². The lowest BCUT2D eigenvalue weighted by molar-refractivity contribution is -0.167. The van der Waals surface area contributed by atoms with Crippen LogP contribution in [0.25, 0.3) is 0 Å². The summed E-state index contributed by atoms with van der Waals surface area (Å²) < 4.78 is 17.0. The molecule has 6 nitrogen and oxygen atoms in total. The molecule has 6 heteroatoms. The monoisotopic (exact) mass is 1170 g/mol. The van der Waals surface area contributed by atoms with Gasteiger partial charge >= 0.3 is 17.9 Å².